The first kappa shape index (κ1) is 13.9. The second kappa shape index (κ2) is 10.0. The van der Waals surface area contributed by atoms with Crippen molar-refractivity contribution in [1.29, 1.82) is 0 Å². The van der Waals surface area contributed by atoms with Gasteiger partial charge in [0.05, 0.1) is 5.76 Å². The third-order valence-electron chi connectivity index (χ3n) is 3.21. The second-order valence-electron chi connectivity index (χ2n) is 5.47. The van der Waals surface area contributed by atoms with Crippen LogP contribution >= 0.6 is 0 Å². The van der Waals surface area contributed by atoms with E-state index in [1.165, 1.54) is 32.1 Å². The molecule has 0 aliphatic rings. The molecule has 0 amide bonds. The van der Waals surface area contributed by atoms with Gasteiger partial charge in [-0.3, -0.25) is 4.79 Å². The van der Waals surface area contributed by atoms with Crippen molar-refractivity contribution in [3.05, 3.63) is 77.7 Å². The number of pyridine rings is 1. The summed E-state index contributed by atoms with van der Waals surface area (Å²) in [6.45, 7) is -2.00. The van der Waals surface area contributed by atoms with Crippen LogP contribution in [0.5, 0.6) is 0 Å². The predicted molar refractivity (Wildman–Crippen MR) is 103 cm³/mol. The van der Waals surface area contributed by atoms with Gasteiger partial charge in [-0.2, -0.15) is 0 Å². The predicted octanol–water partition coefficient (Wildman–Crippen LogP) is 5.35. The standard InChI is InChI=1S/C17H14N.C5H8O2.Ir/c1-12-9-13(2)11-15(10-12)17-16-6-4-3-5-14(16)7-8-18-17;1-4(6)3-5(2)7;/h3-10H,1-2H3;3,6H,1-2H3;/q-1;;/b;4-3-;/i1D3,2D3;;. The molecule has 26 heavy (non-hydrogen) atoms. The zero-order valence-electron chi connectivity index (χ0n) is 20.3. The largest absolute Gasteiger partial charge is 0.512 e. The van der Waals surface area contributed by atoms with Crippen LogP contribution in [0.25, 0.3) is 22.0 Å². The zero-order valence-corrected chi connectivity index (χ0v) is 16.7. The summed E-state index contributed by atoms with van der Waals surface area (Å²) in [5.74, 6) is -0.0625. The Labute approximate surface area is 176 Å². The van der Waals surface area contributed by atoms with E-state index in [1.54, 1.807) is 6.20 Å². The summed E-state index contributed by atoms with van der Waals surface area (Å²) >= 11 is 0. The summed E-state index contributed by atoms with van der Waals surface area (Å²) in [4.78, 5) is 14.3. The van der Waals surface area contributed by atoms with Crippen molar-refractivity contribution in [3.8, 4) is 11.3 Å². The number of rotatable bonds is 2. The summed E-state index contributed by atoms with van der Waals surface area (Å²) in [7, 11) is 0. The smallest absolute Gasteiger partial charge is 0.155 e. The summed E-state index contributed by atoms with van der Waals surface area (Å²) in [6.07, 6.45) is 2.78. The van der Waals surface area contributed by atoms with Crippen LogP contribution in [0.1, 0.15) is 33.2 Å². The van der Waals surface area contributed by atoms with Gasteiger partial charge in [-0.05, 0) is 36.4 Å². The molecule has 0 saturated carbocycles. The van der Waals surface area contributed by atoms with E-state index in [0.717, 1.165) is 10.8 Å². The van der Waals surface area contributed by atoms with E-state index in [0.29, 0.717) is 11.3 Å². The third-order valence-corrected chi connectivity index (χ3v) is 3.21. The number of allylic oxidation sites excluding steroid dienone is 2. The molecule has 1 radical (unpaired) electrons. The van der Waals surface area contributed by atoms with E-state index in [2.05, 4.69) is 11.1 Å². The third kappa shape index (κ3) is 6.21. The number of aromatic nitrogens is 1. The first-order chi connectivity index (χ1) is 14.3. The van der Waals surface area contributed by atoms with Gasteiger partial charge in [0.25, 0.3) is 0 Å². The monoisotopic (exact) mass is 531 g/mol. The first-order valence-electron chi connectivity index (χ1n) is 10.6. The minimum atomic E-state index is -2.44. The minimum absolute atomic E-state index is 0. The van der Waals surface area contributed by atoms with Crippen LogP contribution in [0, 0.1) is 19.8 Å². The summed E-state index contributed by atoms with van der Waals surface area (Å²) in [6, 6.07) is 14.8. The fourth-order valence-corrected chi connectivity index (χ4v) is 2.33. The maximum Gasteiger partial charge on any atom is 0.155 e. The topological polar surface area (TPSA) is 50.2 Å². The maximum absolute atomic E-state index is 10.0. The maximum atomic E-state index is 10.0. The molecular weight excluding hydrogens is 502 g/mol. The molecule has 0 saturated heterocycles. The van der Waals surface area contributed by atoms with Crippen molar-refractivity contribution in [3.63, 3.8) is 0 Å². The molecule has 3 nitrogen and oxygen atoms in total. The van der Waals surface area contributed by atoms with E-state index in [9.17, 15) is 4.79 Å². The van der Waals surface area contributed by atoms with Gasteiger partial charge in [0, 0.05) is 40.6 Å². The number of carbonyl (C=O) groups is 1. The van der Waals surface area contributed by atoms with Crippen LogP contribution in [0.4, 0.5) is 0 Å². The molecule has 3 aromatic rings. The molecule has 0 spiro atoms. The minimum Gasteiger partial charge on any atom is -0.512 e. The van der Waals surface area contributed by atoms with E-state index in [4.69, 9.17) is 13.3 Å². The quantitative estimate of drug-likeness (QED) is 0.276. The molecule has 137 valence electrons. The summed E-state index contributed by atoms with van der Waals surface area (Å²) in [5.41, 5.74) is 0.731. The van der Waals surface area contributed by atoms with E-state index in [1.807, 2.05) is 30.3 Å². The molecule has 0 atom stereocenters. The fraction of sp³-hybridized carbons (Fsp3) is 0.182. The Morgan fingerprint density at radius 3 is 2.58 bits per heavy atom. The molecule has 1 N–H and O–H groups in total. The molecule has 0 unspecified atom stereocenters. The Morgan fingerprint density at radius 2 is 1.96 bits per heavy atom. The molecule has 4 heteroatoms. The number of carbonyl (C=O) groups excluding carboxylic acids is 1. The number of benzene rings is 2. The molecule has 0 aliphatic heterocycles. The summed E-state index contributed by atoms with van der Waals surface area (Å²) in [5, 5.41) is 10.1. The van der Waals surface area contributed by atoms with E-state index in [-0.39, 0.29) is 42.8 Å². The average molecular weight is 531 g/mol. The second-order valence-corrected chi connectivity index (χ2v) is 5.47. The van der Waals surface area contributed by atoms with Crippen molar-refractivity contribution >= 4 is 16.6 Å². The van der Waals surface area contributed by atoms with Crippen molar-refractivity contribution in [2.75, 3.05) is 0 Å². The molecule has 3 rings (SSSR count). The van der Waals surface area contributed by atoms with Crippen LogP contribution in [0.3, 0.4) is 0 Å². The van der Waals surface area contributed by atoms with Gasteiger partial charge in [0.15, 0.2) is 5.78 Å². The number of aryl methyl sites for hydroxylation is 2. The molecule has 2 aromatic carbocycles. The Kier molecular flexibility index (Phi) is 5.33. The van der Waals surface area contributed by atoms with E-state index < -0.39 is 13.7 Å². The Morgan fingerprint density at radius 1 is 1.19 bits per heavy atom. The van der Waals surface area contributed by atoms with Gasteiger partial charge in [-0.25, -0.2) is 0 Å². The van der Waals surface area contributed by atoms with Crippen LogP contribution in [-0.2, 0) is 24.9 Å². The van der Waals surface area contributed by atoms with E-state index >= 15 is 0 Å². The van der Waals surface area contributed by atoms with Crippen LogP contribution < -0.4 is 0 Å². The first-order valence-corrected chi connectivity index (χ1v) is 7.59. The van der Waals surface area contributed by atoms with Crippen molar-refractivity contribution in [1.82, 2.24) is 4.98 Å². The number of ketones is 1. The normalized spacial score (nSPS) is 14.9. The average Bonchev–Trinajstić information content (AvgIpc) is 2.65. The Bertz CT molecular complexity index is 1080. The van der Waals surface area contributed by atoms with Gasteiger partial charge in [-0.15, -0.1) is 34.9 Å². The zero-order chi connectivity index (χ0) is 23.4. The number of hydrogen-bond donors (Lipinski definition) is 1. The number of hydrogen-bond acceptors (Lipinski definition) is 3. The Hall–Kier alpha value is -2.29. The molecule has 1 heterocycles. The van der Waals surface area contributed by atoms with Crippen molar-refractivity contribution in [2.45, 2.75) is 27.6 Å². The van der Waals surface area contributed by atoms with Crippen LogP contribution in [0.2, 0.25) is 0 Å². The van der Waals surface area contributed by atoms with Gasteiger partial charge < -0.3 is 10.1 Å². The van der Waals surface area contributed by atoms with Gasteiger partial charge in [0.1, 0.15) is 0 Å². The van der Waals surface area contributed by atoms with Gasteiger partial charge in [-0.1, -0.05) is 38.0 Å². The molecule has 0 fully saturated rings. The SMILES string of the molecule is CC(=O)/C=C(/C)O.[2H]C([2H])([2H])c1[c-]c(-c2nccc3ccccc23)cc(C([2H])([2H])[2H])c1.[Ir]. The molecule has 1 aromatic heterocycles. The van der Waals surface area contributed by atoms with Crippen LogP contribution in [0.15, 0.2) is 60.5 Å². The number of nitrogens with zero attached hydrogens (tertiary/aromatic N) is 1. The fourth-order valence-electron chi connectivity index (χ4n) is 2.33. The van der Waals surface area contributed by atoms with Crippen molar-refractivity contribution < 1.29 is 38.2 Å². The molecule has 0 bridgehead atoms. The number of fused-ring (bicyclic) bond motifs is 1. The van der Waals surface area contributed by atoms with Crippen LogP contribution in [-0.4, -0.2) is 15.9 Å². The molecule has 0 aliphatic carbocycles. The Balaban J connectivity index is 0.000000558. The molecular formula is C22H22IrNO2-. The van der Waals surface area contributed by atoms with Gasteiger partial charge >= 0.3 is 0 Å². The number of aliphatic hydroxyl groups is 1. The van der Waals surface area contributed by atoms with Crippen molar-refractivity contribution in [2.24, 2.45) is 0 Å². The number of aliphatic hydroxyl groups excluding tert-OH is 1. The summed E-state index contributed by atoms with van der Waals surface area (Å²) < 4.78 is 45.6. The van der Waals surface area contributed by atoms with Gasteiger partial charge in [0.2, 0.25) is 0 Å².